The van der Waals surface area contributed by atoms with E-state index in [1.54, 1.807) is 23.1 Å². The molecule has 23 heavy (non-hydrogen) atoms. The highest BCUT2D eigenvalue weighted by Crippen LogP contribution is 2.30. The molecule has 3 nitrogen and oxygen atoms in total. The fraction of sp³-hybridized carbons (Fsp3) is 0.167. The number of carbonyl (C=O) groups excluding carboxylic acids is 1. The SMILES string of the molecule is O=C(Nc1cccc(Cl)c1Cl)N1CC=C(c2ccccc2)CC1. The summed E-state index contributed by atoms with van der Waals surface area (Å²) in [7, 11) is 0. The first-order chi connectivity index (χ1) is 11.1. The van der Waals surface area contributed by atoms with Crippen molar-refractivity contribution in [1.82, 2.24) is 4.90 Å². The molecule has 0 fully saturated rings. The minimum Gasteiger partial charge on any atom is -0.320 e. The average molecular weight is 347 g/mol. The molecule has 118 valence electrons. The van der Waals surface area contributed by atoms with Gasteiger partial charge in [-0.05, 0) is 29.7 Å². The molecular weight excluding hydrogens is 331 g/mol. The zero-order valence-electron chi connectivity index (χ0n) is 12.4. The Kier molecular flexibility index (Phi) is 4.89. The maximum Gasteiger partial charge on any atom is 0.322 e. The normalized spacial score (nSPS) is 14.3. The largest absolute Gasteiger partial charge is 0.322 e. The minimum absolute atomic E-state index is 0.169. The summed E-state index contributed by atoms with van der Waals surface area (Å²) in [5.41, 5.74) is 3.02. The van der Waals surface area contributed by atoms with E-state index < -0.39 is 0 Å². The van der Waals surface area contributed by atoms with E-state index in [-0.39, 0.29) is 6.03 Å². The molecule has 0 aliphatic carbocycles. The minimum atomic E-state index is -0.169. The van der Waals surface area contributed by atoms with Crippen LogP contribution in [0.15, 0.2) is 54.6 Å². The number of halogens is 2. The number of anilines is 1. The van der Waals surface area contributed by atoms with Crippen LogP contribution in [0.25, 0.3) is 5.57 Å². The molecule has 0 aromatic heterocycles. The summed E-state index contributed by atoms with van der Waals surface area (Å²) >= 11 is 12.1. The van der Waals surface area contributed by atoms with Gasteiger partial charge in [-0.2, -0.15) is 0 Å². The maximum atomic E-state index is 12.4. The van der Waals surface area contributed by atoms with E-state index in [0.29, 0.717) is 28.8 Å². The second kappa shape index (κ2) is 7.07. The van der Waals surface area contributed by atoms with Crippen LogP contribution >= 0.6 is 23.2 Å². The lowest BCUT2D eigenvalue weighted by Gasteiger charge is -2.27. The molecule has 1 aliphatic rings. The molecule has 0 radical (unpaired) electrons. The van der Waals surface area contributed by atoms with Crippen molar-refractivity contribution in [2.24, 2.45) is 0 Å². The van der Waals surface area contributed by atoms with E-state index in [4.69, 9.17) is 23.2 Å². The fourth-order valence-electron chi connectivity index (χ4n) is 2.56. The Morgan fingerprint density at radius 3 is 2.52 bits per heavy atom. The molecule has 1 aliphatic heterocycles. The number of carbonyl (C=O) groups is 1. The number of amides is 2. The summed E-state index contributed by atoms with van der Waals surface area (Å²) in [5, 5.41) is 3.60. The summed E-state index contributed by atoms with van der Waals surface area (Å²) < 4.78 is 0. The number of hydrogen-bond donors (Lipinski definition) is 1. The van der Waals surface area contributed by atoms with Crippen molar-refractivity contribution in [3.8, 4) is 0 Å². The molecule has 3 rings (SSSR count). The molecule has 5 heteroatoms. The monoisotopic (exact) mass is 346 g/mol. The van der Waals surface area contributed by atoms with Crippen LogP contribution in [0.2, 0.25) is 10.0 Å². The molecule has 0 spiro atoms. The summed E-state index contributed by atoms with van der Waals surface area (Å²) in [6.07, 6.45) is 2.93. The number of rotatable bonds is 2. The Balaban J connectivity index is 1.66. The highest BCUT2D eigenvalue weighted by Gasteiger charge is 2.19. The Hall–Kier alpha value is -1.97. The Morgan fingerprint density at radius 2 is 1.83 bits per heavy atom. The van der Waals surface area contributed by atoms with Crippen molar-refractivity contribution < 1.29 is 4.79 Å². The lowest BCUT2D eigenvalue weighted by atomic mass is 10.00. The van der Waals surface area contributed by atoms with Gasteiger partial charge in [0.2, 0.25) is 0 Å². The molecule has 1 heterocycles. The van der Waals surface area contributed by atoms with Gasteiger partial charge in [0.05, 0.1) is 15.7 Å². The molecular formula is C18H16Cl2N2O. The van der Waals surface area contributed by atoms with Crippen molar-refractivity contribution in [3.05, 3.63) is 70.2 Å². The topological polar surface area (TPSA) is 32.3 Å². The van der Waals surface area contributed by atoms with Crippen LogP contribution in [-0.2, 0) is 0 Å². The van der Waals surface area contributed by atoms with Gasteiger partial charge in [0.1, 0.15) is 0 Å². The van der Waals surface area contributed by atoms with Gasteiger partial charge in [0, 0.05) is 13.1 Å². The van der Waals surface area contributed by atoms with Crippen LogP contribution in [0.3, 0.4) is 0 Å². The molecule has 0 bridgehead atoms. The van der Waals surface area contributed by atoms with Gasteiger partial charge in [-0.3, -0.25) is 0 Å². The first-order valence-electron chi connectivity index (χ1n) is 7.39. The molecule has 1 N–H and O–H groups in total. The first kappa shape index (κ1) is 15.9. The molecule has 0 atom stereocenters. The van der Waals surface area contributed by atoms with E-state index in [1.807, 2.05) is 18.2 Å². The Labute approximate surface area is 145 Å². The van der Waals surface area contributed by atoms with Crippen LogP contribution in [0.1, 0.15) is 12.0 Å². The van der Waals surface area contributed by atoms with Crippen LogP contribution in [0, 0.1) is 0 Å². The zero-order valence-corrected chi connectivity index (χ0v) is 13.9. The van der Waals surface area contributed by atoms with Crippen molar-refractivity contribution >= 4 is 40.5 Å². The van der Waals surface area contributed by atoms with Gasteiger partial charge < -0.3 is 10.2 Å². The van der Waals surface area contributed by atoms with E-state index >= 15 is 0 Å². The van der Waals surface area contributed by atoms with Gasteiger partial charge in [-0.15, -0.1) is 0 Å². The van der Waals surface area contributed by atoms with Crippen LogP contribution in [0.5, 0.6) is 0 Å². The first-order valence-corrected chi connectivity index (χ1v) is 8.15. The number of hydrogen-bond acceptors (Lipinski definition) is 1. The molecule has 0 saturated carbocycles. The third kappa shape index (κ3) is 3.69. The summed E-state index contributed by atoms with van der Waals surface area (Å²) in [5.74, 6) is 0. The smallest absolute Gasteiger partial charge is 0.320 e. The van der Waals surface area contributed by atoms with Gasteiger partial charge >= 0.3 is 6.03 Å². The Bertz CT molecular complexity index is 744. The highest BCUT2D eigenvalue weighted by atomic mass is 35.5. The summed E-state index contributed by atoms with van der Waals surface area (Å²) in [6, 6.07) is 15.2. The average Bonchev–Trinajstić information content (AvgIpc) is 2.60. The zero-order chi connectivity index (χ0) is 16.2. The van der Waals surface area contributed by atoms with Gasteiger partial charge in [-0.1, -0.05) is 65.7 Å². The lowest BCUT2D eigenvalue weighted by Crippen LogP contribution is -2.37. The number of urea groups is 1. The highest BCUT2D eigenvalue weighted by molar-refractivity contribution is 6.43. The van der Waals surface area contributed by atoms with Crippen molar-refractivity contribution in [2.75, 3.05) is 18.4 Å². The second-order valence-corrected chi connectivity index (χ2v) is 6.11. The molecule has 2 amide bonds. The molecule has 2 aromatic carbocycles. The number of nitrogens with zero attached hydrogens (tertiary/aromatic N) is 1. The number of nitrogens with one attached hydrogen (secondary N) is 1. The van der Waals surface area contributed by atoms with Gasteiger partial charge in [-0.25, -0.2) is 4.79 Å². The number of benzene rings is 2. The van der Waals surface area contributed by atoms with Gasteiger partial charge in [0.25, 0.3) is 0 Å². The second-order valence-electron chi connectivity index (χ2n) is 5.32. The predicted octanol–water partition coefficient (Wildman–Crippen LogP) is 5.31. The van der Waals surface area contributed by atoms with Crippen molar-refractivity contribution in [1.29, 1.82) is 0 Å². The van der Waals surface area contributed by atoms with E-state index in [9.17, 15) is 4.79 Å². The maximum absolute atomic E-state index is 12.4. The van der Waals surface area contributed by atoms with Crippen LogP contribution < -0.4 is 5.32 Å². The third-order valence-corrected chi connectivity index (χ3v) is 4.65. The summed E-state index contributed by atoms with van der Waals surface area (Å²) in [6.45, 7) is 1.25. The lowest BCUT2D eigenvalue weighted by molar-refractivity contribution is 0.217. The van der Waals surface area contributed by atoms with Crippen molar-refractivity contribution in [3.63, 3.8) is 0 Å². The van der Waals surface area contributed by atoms with E-state index in [2.05, 4.69) is 23.5 Å². The molecule has 2 aromatic rings. The molecule has 0 unspecified atom stereocenters. The van der Waals surface area contributed by atoms with Crippen LogP contribution in [-0.4, -0.2) is 24.0 Å². The Morgan fingerprint density at radius 1 is 1.04 bits per heavy atom. The molecule has 0 saturated heterocycles. The van der Waals surface area contributed by atoms with Crippen molar-refractivity contribution in [2.45, 2.75) is 6.42 Å². The third-order valence-electron chi connectivity index (χ3n) is 3.83. The fourth-order valence-corrected chi connectivity index (χ4v) is 2.91. The van der Waals surface area contributed by atoms with E-state index in [0.717, 1.165) is 6.42 Å². The van der Waals surface area contributed by atoms with Crippen LogP contribution in [0.4, 0.5) is 10.5 Å². The summed E-state index contributed by atoms with van der Waals surface area (Å²) in [4.78, 5) is 14.1. The quantitative estimate of drug-likeness (QED) is 0.784. The van der Waals surface area contributed by atoms with E-state index in [1.165, 1.54) is 11.1 Å². The predicted molar refractivity (Wildman–Crippen MR) is 96.1 cm³/mol. The standard InChI is InChI=1S/C18H16Cl2N2O/c19-15-7-4-8-16(17(15)20)21-18(23)22-11-9-14(10-12-22)13-5-2-1-3-6-13/h1-9H,10-12H2,(H,21,23). The van der Waals surface area contributed by atoms with Gasteiger partial charge in [0.15, 0.2) is 0 Å².